The maximum absolute atomic E-state index is 12.6. The molecule has 0 spiro atoms. The lowest BCUT2D eigenvalue weighted by Gasteiger charge is -2.20. The molecular weight excluding hydrogens is 298 g/mol. The van der Waals surface area contributed by atoms with E-state index in [4.69, 9.17) is 4.74 Å². The van der Waals surface area contributed by atoms with Gasteiger partial charge in [0.25, 0.3) is 5.91 Å². The molecular formula is C21H25NO2. The molecule has 2 aromatic carbocycles. The first kappa shape index (κ1) is 17.8. The topological polar surface area (TPSA) is 29.5 Å². The molecule has 3 heteroatoms. The lowest BCUT2D eigenvalue weighted by molar-refractivity contribution is -0.114. The maximum atomic E-state index is 12.6. The Morgan fingerprint density at radius 3 is 2.33 bits per heavy atom. The van der Waals surface area contributed by atoms with Gasteiger partial charge < -0.3 is 9.64 Å². The summed E-state index contributed by atoms with van der Waals surface area (Å²) in [6.07, 6.45) is 3.54. The van der Waals surface area contributed by atoms with Gasteiger partial charge in [0.1, 0.15) is 5.75 Å². The number of hydrogen-bond acceptors (Lipinski definition) is 2. The molecule has 0 bridgehead atoms. The Balaban J connectivity index is 2.26. The second kappa shape index (κ2) is 7.82. The number of carbonyl (C=O) groups is 1. The molecule has 0 fully saturated rings. The minimum absolute atomic E-state index is 0.0160. The number of aryl methyl sites for hydroxylation is 3. The zero-order valence-corrected chi connectivity index (χ0v) is 15.1. The fourth-order valence-corrected chi connectivity index (χ4v) is 2.82. The fraction of sp³-hybridized carbons (Fsp3) is 0.286. The molecule has 0 aliphatic rings. The number of nitrogens with zero attached hydrogens (tertiary/aromatic N) is 1. The number of benzene rings is 2. The summed E-state index contributed by atoms with van der Waals surface area (Å²) in [6, 6.07) is 12.0. The van der Waals surface area contributed by atoms with Crippen molar-refractivity contribution < 1.29 is 9.53 Å². The van der Waals surface area contributed by atoms with Crippen molar-refractivity contribution in [2.45, 2.75) is 27.7 Å². The summed E-state index contributed by atoms with van der Waals surface area (Å²) < 4.78 is 5.28. The molecule has 0 N–H and O–H groups in total. The van der Waals surface area contributed by atoms with E-state index in [0.29, 0.717) is 6.54 Å². The Kier molecular flexibility index (Phi) is 5.80. The molecule has 0 aliphatic carbocycles. The van der Waals surface area contributed by atoms with Crippen molar-refractivity contribution in [3.05, 3.63) is 64.7 Å². The number of amides is 1. The van der Waals surface area contributed by atoms with Crippen LogP contribution in [0.1, 0.15) is 29.2 Å². The second-order valence-electron chi connectivity index (χ2n) is 5.93. The van der Waals surface area contributed by atoms with Crippen LogP contribution in [0.15, 0.2) is 42.5 Å². The van der Waals surface area contributed by atoms with E-state index < -0.39 is 0 Å². The first-order chi connectivity index (χ1) is 11.5. The minimum Gasteiger partial charge on any atom is -0.497 e. The van der Waals surface area contributed by atoms with Crippen molar-refractivity contribution in [3.63, 3.8) is 0 Å². The number of ether oxygens (including phenoxy) is 1. The van der Waals surface area contributed by atoms with Crippen molar-refractivity contribution in [2.24, 2.45) is 0 Å². The lowest BCUT2D eigenvalue weighted by atomic mass is 10.0. The van der Waals surface area contributed by atoms with Crippen LogP contribution in [0.5, 0.6) is 5.75 Å². The van der Waals surface area contributed by atoms with Crippen LogP contribution in [0.2, 0.25) is 0 Å². The summed E-state index contributed by atoms with van der Waals surface area (Å²) in [5, 5.41) is 0. The van der Waals surface area contributed by atoms with Gasteiger partial charge >= 0.3 is 0 Å². The number of likely N-dealkylation sites (N-methyl/N-ethyl adjacent to an activating group) is 1. The Bertz CT molecular complexity index is 739. The highest BCUT2D eigenvalue weighted by Gasteiger charge is 2.11. The molecule has 0 unspecified atom stereocenters. The largest absolute Gasteiger partial charge is 0.497 e. The average Bonchev–Trinajstić information content (AvgIpc) is 2.54. The van der Waals surface area contributed by atoms with E-state index in [-0.39, 0.29) is 5.91 Å². The van der Waals surface area contributed by atoms with Gasteiger partial charge in [-0.3, -0.25) is 4.79 Å². The Labute approximate surface area is 144 Å². The first-order valence-electron chi connectivity index (χ1n) is 8.17. The number of rotatable bonds is 5. The number of anilines is 1. The van der Waals surface area contributed by atoms with Crippen LogP contribution < -0.4 is 9.64 Å². The predicted molar refractivity (Wildman–Crippen MR) is 101 cm³/mol. The molecule has 0 aliphatic heterocycles. The highest BCUT2D eigenvalue weighted by molar-refractivity contribution is 6.04. The van der Waals surface area contributed by atoms with Gasteiger partial charge in [-0.1, -0.05) is 12.1 Å². The van der Waals surface area contributed by atoms with Crippen molar-refractivity contribution in [1.29, 1.82) is 0 Å². The third-order valence-electron chi connectivity index (χ3n) is 4.09. The van der Waals surface area contributed by atoms with Crippen LogP contribution >= 0.6 is 0 Å². The number of hydrogen-bond donors (Lipinski definition) is 0. The molecule has 0 saturated heterocycles. The highest BCUT2D eigenvalue weighted by atomic mass is 16.5. The summed E-state index contributed by atoms with van der Waals surface area (Å²) in [5.74, 6) is 0.821. The minimum atomic E-state index is -0.0160. The fourth-order valence-electron chi connectivity index (χ4n) is 2.82. The van der Waals surface area contributed by atoms with E-state index in [2.05, 4.69) is 0 Å². The van der Waals surface area contributed by atoms with Crippen LogP contribution in [0.25, 0.3) is 6.08 Å². The monoisotopic (exact) mass is 323 g/mol. The van der Waals surface area contributed by atoms with E-state index in [1.54, 1.807) is 18.1 Å². The van der Waals surface area contributed by atoms with Gasteiger partial charge in [0.05, 0.1) is 7.11 Å². The normalized spacial score (nSPS) is 10.9. The second-order valence-corrected chi connectivity index (χ2v) is 5.93. The Morgan fingerprint density at radius 1 is 1.12 bits per heavy atom. The van der Waals surface area contributed by atoms with Gasteiger partial charge in [-0.15, -0.1) is 0 Å². The SMILES string of the molecule is CCN(C(=O)/C=C/c1c(C)cc(OC)cc1C)c1cccc(C)c1. The summed E-state index contributed by atoms with van der Waals surface area (Å²) in [5.41, 5.74) is 5.31. The highest BCUT2D eigenvalue weighted by Crippen LogP contribution is 2.23. The third-order valence-corrected chi connectivity index (χ3v) is 4.09. The molecule has 24 heavy (non-hydrogen) atoms. The van der Waals surface area contributed by atoms with Gasteiger partial charge in [0.2, 0.25) is 0 Å². The smallest absolute Gasteiger partial charge is 0.250 e. The van der Waals surface area contributed by atoms with Gasteiger partial charge in [0, 0.05) is 18.3 Å². The van der Waals surface area contributed by atoms with E-state index in [9.17, 15) is 4.79 Å². The zero-order chi connectivity index (χ0) is 17.7. The molecule has 3 nitrogen and oxygen atoms in total. The number of methoxy groups -OCH3 is 1. The van der Waals surface area contributed by atoms with Gasteiger partial charge in [-0.2, -0.15) is 0 Å². The van der Waals surface area contributed by atoms with E-state index in [1.807, 2.05) is 70.2 Å². The molecule has 0 heterocycles. The third kappa shape index (κ3) is 4.05. The zero-order valence-electron chi connectivity index (χ0n) is 15.1. The molecule has 2 aromatic rings. The molecule has 0 aromatic heterocycles. The van der Waals surface area contributed by atoms with Gasteiger partial charge in [-0.05, 0) is 80.3 Å². The number of carbonyl (C=O) groups excluding carboxylic acids is 1. The molecule has 1 amide bonds. The summed E-state index contributed by atoms with van der Waals surface area (Å²) in [4.78, 5) is 14.4. The van der Waals surface area contributed by atoms with E-state index in [1.165, 1.54) is 0 Å². The van der Waals surface area contributed by atoms with Gasteiger partial charge in [0.15, 0.2) is 0 Å². The van der Waals surface area contributed by atoms with E-state index >= 15 is 0 Å². The molecule has 0 saturated carbocycles. The summed E-state index contributed by atoms with van der Waals surface area (Å²) >= 11 is 0. The van der Waals surface area contributed by atoms with Crippen LogP contribution in [-0.4, -0.2) is 19.6 Å². The lowest BCUT2D eigenvalue weighted by Crippen LogP contribution is -2.28. The summed E-state index contributed by atoms with van der Waals surface area (Å²) in [6.45, 7) is 8.70. The molecule has 126 valence electrons. The van der Waals surface area contributed by atoms with E-state index in [0.717, 1.165) is 33.7 Å². The standard InChI is InChI=1S/C21H25NO2/c1-6-22(18-9-7-8-15(2)12-18)21(23)11-10-20-16(3)13-19(24-5)14-17(20)4/h7-14H,6H2,1-5H3/b11-10+. The van der Waals surface area contributed by atoms with Crippen LogP contribution in [0.3, 0.4) is 0 Å². The molecule has 0 radical (unpaired) electrons. The average molecular weight is 323 g/mol. The van der Waals surface area contributed by atoms with Gasteiger partial charge in [-0.25, -0.2) is 0 Å². The molecule has 2 rings (SSSR count). The van der Waals surface area contributed by atoms with Crippen molar-refractivity contribution in [2.75, 3.05) is 18.6 Å². The predicted octanol–water partition coefficient (Wildman–Crippen LogP) is 4.69. The first-order valence-corrected chi connectivity index (χ1v) is 8.17. The van der Waals surface area contributed by atoms with Crippen LogP contribution in [0.4, 0.5) is 5.69 Å². The quantitative estimate of drug-likeness (QED) is 0.747. The van der Waals surface area contributed by atoms with Crippen molar-refractivity contribution >= 4 is 17.7 Å². The summed E-state index contributed by atoms with van der Waals surface area (Å²) in [7, 11) is 1.66. The maximum Gasteiger partial charge on any atom is 0.250 e. The van der Waals surface area contributed by atoms with Crippen LogP contribution in [-0.2, 0) is 4.79 Å². The molecule has 0 atom stereocenters. The Morgan fingerprint density at radius 2 is 1.79 bits per heavy atom. The van der Waals surface area contributed by atoms with Crippen LogP contribution in [0, 0.1) is 20.8 Å². The van der Waals surface area contributed by atoms with Crippen molar-refractivity contribution in [3.8, 4) is 5.75 Å². The van der Waals surface area contributed by atoms with Crippen molar-refractivity contribution in [1.82, 2.24) is 0 Å². The Hall–Kier alpha value is -2.55.